The molecule has 1 aromatic carbocycles. The fourth-order valence-corrected chi connectivity index (χ4v) is 3.93. The van der Waals surface area contributed by atoms with E-state index in [2.05, 4.69) is 5.32 Å². The van der Waals surface area contributed by atoms with Crippen LogP contribution in [0.15, 0.2) is 30.3 Å². The molecule has 2 saturated carbocycles. The molecule has 2 unspecified atom stereocenters. The van der Waals surface area contributed by atoms with Crippen LogP contribution in [0, 0.1) is 11.8 Å². The van der Waals surface area contributed by atoms with Gasteiger partial charge in [0.05, 0.1) is 6.04 Å². The highest BCUT2D eigenvalue weighted by Gasteiger charge is 2.47. The first-order valence-electron chi connectivity index (χ1n) is 8.87. The molecule has 1 aliphatic heterocycles. The summed E-state index contributed by atoms with van der Waals surface area (Å²) in [6, 6.07) is 9.54. The standard InChI is InChI=1S/C19H24N2O3/c1-21(17(13-7-8-13)14-9-10-14)19(23)18-16(20-15(22)11-24-18)12-5-3-2-4-6-12/h2-6,13-14,16-18H,7-11H2,1H3,(H,20,22). The Morgan fingerprint density at radius 2 is 1.79 bits per heavy atom. The number of nitrogens with zero attached hydrogens (tertiary/aromatic N) is 1. The number of likely N-dealkylation sites (N-methyl/N-ethyl adjacent to an activating group) is 1. The molecule has 1 saturated heterocycles. The number of nitrogens with one attached hydrogen (secondary N) is 1. The predicted octanol–water partition coefficient (Wildman–Crippen LogP) is 1.89. The van der Waals surface area contributed by atoms with Crippen LogP contribution in [0.5, 0.6) is 0 Å². The molecular formula is C19H24N2O3. The second-order valence-electron chi connectivity index (χ2n) is 7.30. The second-order valence-corrected chi connectivity index (χ2v) is 7.30. The van der Waals surface area contributed by atoms with E-state index in [4.69, 9.17) is 4.74 Å². The maximum Gasteiger partial charge on any atom is 0.254 e. The van der Waals surface area contributed by atoms with E-state index in [0.717, 1.165) is 5.56 Å². The van der Waals surface area contributed by atoms with E-state index in [-0.39, 0.29) is 18.4 Å². The Labute approximate surface area is 142 Å². The maximum atomic E-state index is 13.1. The first kappa shape index (κ1) is 15.6. The third kappa shape index (κ3) is 3.05. The fourth-order valence-electron chi connectivity index (χ4n) is 3.93. The van der Waals surface area contributed by atoms with Crippen molar-refractivity contribution in [2.45, 2.75) is 43.9 Å². The van der Waals surface area contributed by atoms with Gasteiger partial charge in [0.1, 0.15) is 6.61 Å². The van der Waals surface area contributed by atoms with Crippen molar-refractivity contribution >= 4 is 11.8 Å². The van der Waals surface area contributed by atoms with Gasteiger partial charge in [-0.1, -0.05) is 30.3 Å². The average molecular weight is 328 g/mol. The van der Waals surface area contributed by atoms with E-state index in [9.17, 15) is 9.59 Å². The molecule has 1 heterocycles. The Morgan fingerprint density at radius 1 is 1.17 bits per heavy atom. The molecule has 2 atom stereocenters. The third-order valence-corrected chi connectivity index (χ3v) is 5.42. The minimum absolute atomic E-state index is 0.00680. The zero-order chi connectivity index (χ0) is 16.7. The molecule has 2 amide bonds. The number of carbonyl (C=O) groups excluding carboxylic acids is 2. The topological polar surface area (TPSA) is 58.6 Å². The van der Waals surface area contributed by atoms with Crippen molar-refractivity contribution in [3.63, 3.8) is 0 Å². The molecular weight excluding hydrogens is 304 g/mol. The van der Waals surface area contributed by atoms with Gasteiger partial charge < -0.3 is 15.0 Å². The Balaban J connectivity index is 1.55. The fraction of sp³-hybridized carbons (Fsp3) is 0.579. The van der Waals surface area contributed by atoms with Crippen molar-refractivity contribution in [1.29, 1.82) is 0 Å². The molecule has 2 aliphatic carbocycles. The van der Waals surface area contributed by atoms with Crippen LogP contribution < -0.4 is 5.32 Å². The number of ether oxygens (including phenoxy) is 1. The normalized spacial score (nSPS) is 27.0. The smallest absolute Gasteiger partial charge is 0.254 e. The van der Waals surface area contributed by atoms with Gasteiger partial charge >= 0.3 is 0 Å². The first-order valence-corrected chi connectivity index (χ1v) is 8.87. The number of rotatable bonds is 5. The van der Waals surface area contributed by atoms with Gasteiger partial charge in [-0.3, -0.25) is 9.59 Å². The predicted molar refractivity (Wildman–Crippen MR) is 89.1 cm³/mol. The van der Waals surface area contributed by atoms with E-state index in [1.165, 1.54) is 25.7 Å². The molecule has 5 nitrogen and oxygen atoms in total. The van der Waals surface area contributed by atoms with E-state index < -0.39 is 12.1 Å². The Kier molecular flexibility index (Phi) is 4.04. The molecule has 0 aromatic heterocycles. The van der Waals surface area contributed by atoms with Gasteiger partial charge in [-0.05, 0) is 43.1 Å². The molecule has 0 spiro atoms. The molecule has 5 heteroatoms. The molecule has 3 fully saturated rings. The highest BCUT2D eigenvalue weighted by Crippen LogP contribution is 2.47. The molecule has 1 N–H and O–H groups in total. The minimum Gasteiger partial charge on any atom is -0.356 e. The van der Waals surface area contributed by atoms with Crippen molar-refractivity contribution in [3.05, 3.63) is 35.9 Å². The highest BCUT2D eigenvalue weighted by atomic mass is 16.5. The Hall–Kier alpha value is -1.88. The number of carbonyl (C=O) groups is 2. The minimum atomic E-state index is -0.643. The lowest BCUT2D eigenvalue weighted by Crippen LogP contribution is -2.55. The van der Waals surface area contributed by atoms with Gasteiger partial charge in [0.25, 0.3) is 5.91 Å². The molecule has 0 bridgehead atoms. The molecule has 1 aromatic rings. The summed E-state index contributed by atoms with van der Waals surface area (Å²) in [4.78, 5) is 26.8. The zero-order valence-electron chi connectivity index (χ0n) is 14.0. The van der Waals surface area contributed by atoms with Crippen LogP contribution in [0.25, 0.3) is 0 Å². The van der Waals surface area contributed by atoms with Crippen LogP contribution in [-0.2, 0) is 14.3 Å². The second kappa shape index (κ2) is 6.20. The Morgan fingerprint density at radius 3 is 2.38 bits per heavy atom. The van der Waals surface area contributed by atoms with E-state index in [1.807, 2.05) is 42.3 Å². The molecule has 24 heavy (non-hydrogen) atoms. The molecule has 128 valence electrons. The average Bonchev–Trinajstić information content (AvgIpc) is 3.50. The highest BCUT2D eigenvalue weighted by molar-refractivity contribution is 5.86. The van der Waals surface area contributed by atoms with Crippen molar-refractivity contribution in [1.82, 2.24) is 10.2 Å². The van der Waals surface area contributed by atoms with E-state index in [1.54, 1.807) is 0 Å². The largest absolute Gasteiger partial charge is 0.356 e. The first-order chi connectivity index (χ1) is 11.6. The van der Waals surface area contributed by atoms with Crippen LogP contribution in [0.3, 0.4) is 0 Å². The number of hydrogen-bond donors (Lipinski definition) is 1. The Bertz CT molecular complexity index is 613. The summed E-state index contributed by atoms with van der Waals surface area (Å²) in [5.74, 6) is 1.13. The molecule has 0 radical (unpaired) electrons. The summed E-state index contributed by atoms with van der Waals surface area (Å²) >= 11 is 0. The number of hydrogen-bond acceptors (Lipinski definition) is 3. The van der Waals surface area contributed by atoms with Crippen LogP contribution in [-0.4, -0.2) is 42.5 Å². The summed E-state index contributed by atoms with van der Waals surface area (Å²) in [6.45, 7) is -0.0505. The summed E-state index contributed by atoms with van der Waals surface area (Å²) in [6.07, 6.45) is 4.26. The van der Waals surface area contributed by atoms with Crippen LogP contribution in [0.1, 0.15) is 37.3 Å². The van der Waals surface area contributed by atoms with Gasteiger partial charge in [0.2, 0.25) is 5.91 Å². The van der Waals surface area contributed by atoms with E-state index in [0.29, 0.717) is 17.9 Å². The van der Waals surface area contributed by atoms with Crippen LogP contribution in [0.2, 0.25) is 0 Å². The van der Waals surface area contributed by atoms with Crippen LogP contribution >= 0.6 is 0 Å². The van der Waals surface area contributed by atoms with Crippen molar-refractivity contribution in [3.8, 4) is 0 Å². The summed E-state index contributed by atoms with van der Waals surface area (Å²) in [5.41, 5.74) is 0.909. The van der Waals surface area contributed by atoms with Crippen molar-refractivity contribution in [2.24, 2.45) is 11.8 Å². The quantitative estimate of drug-likeness (QED) is 0.898. The monoisotopic (exact) mass is 328 g/mol. The number of morpholine rings is 1. The third-order valence-electron chi connectivity index (χ3n) is 5.42. The van der Waals surface area contributed by atoms with Gasteiger partial charge in [-0.15, -0.1) is 0 Å². The van der Waals surface area contributed by atoms with Crippen molar-refractivity contribution in [2.75, 3.05) is 13.7 Å². The SMILES string of the molecule is CN(C(=O)C1OCC(=O)NC1c1ccccc1)C(C1CC1)C1CC1. The van der Waals surface area contributed by atoms with Crippen molar-refractivity contribution < 1.29 is 14.3 Å². The lowest BCUT2D eigenvalue weighted by Gasteiger charge is -2.37. The summed E-state index contributed by atoms with van der Waals surface area (Å²) in [7, 11) is 1.91. The van der Waals surface area contributed by atoms with E-state index >= 15 is 0 Å². The lowest BCUT2D eigenvalue weighted by atomic mass is 9.97. The number of amides is 2. The maximum absolute atomic E-state index is 13.1. The van der Waals surface area contributed by atoms with Gasteiger partial charge in [0.15, 0.2) is 6.10 Å². The molecule has 3 aliphatic rings. The summed E-state index contributed by atoms with van der Waals surface area (Å²) in [5, 5.41) is 2.94. The van der Waals surface area contributed by atoms with Gasteiger partial charge in [0, 0.05) is 13.1 Å². The lowest BCUT2D eigenvalue weighted by molar-refractivity contribution is -0.156. The summed E-state index contributed by atoms with van der Waals surface area (Å²) < 4.78 is 5.69. The van der Waals surface area contributed by atoms with Gasteiger partial charge in [-0.2, -0.15) is 0 Å². The zero-order valence-corrected chi connectivity index (χ0v) is 14.0. The molecule has 4 rings (SSSR count). The van der Waals surface area contributed by atoms with Crippen LogP contribution in [0.4, 0.5) is 0 Å². The number of benzene rings is 1. The van der Waals surface area contributed by atoms with Gasteiger partial charge in [-0.25, -0.2) is 0 Å².